The minimum atomic E-state index is -1.13. The lowest BCUT2D eigenvalue weighted by Gasteiger charge is -2.05. The molecule has 2 nitrogen and oxygen atoms in total. The highest BCUT2D eigenvalue weighted by molar-refractivity contribution is 7.93. The van der Waals surface area contributed by atoms with Crippen molar-refractivity contribution in [2.75, 3.05) is 0 Å². The third-order valence-corrected chi connectivity index (χ3v) is 3.21. The zero-order chi connectivity index (χ0) is 12.1. The van der Waals surface area contributed by atoms with Gasteiger partial charge in [0.2, 0.25) is 0 Å². The molecule has 0 aliphatic rings. The Morgan fingerprint density at radius 1 is 1.24 bits per heavy atom. The van der Waals surface area contributed by atoms with Gasteiger partial charge in [-0.2, -0.15) is 0 Å². The third kappa shape index (κ3) is 3.76. The molecule has 0 saturated heterocycles. The maximum Gasteiger partial charge on any atom is 0.135 e. The van der Waals surface area contributed by atoms with Gasteiger partial charge in [0.05, 0.1) is 6.26 Å². The van der Waals surface area contributed by atoms with E-state index in [2.05, 4.69) is 0 Å². The summed E-state index contributed by atoms with van der Waals surface area (Å²) >= 11 is -1.13. The van der Waals surface area contributed by atoms with Crippen molar-refractivity contribution in [1.82, 2.24) is 0 Å². The molecule has 0 radical (unpaired) electrons. The molecule has 1 unspecified atom stereocenters. The third-order valence-electron chi connectivity index (χ3n) is 2.15. The molecule has 0 N–H and O–H groups in total. The Labute approximate surface area is 102 Å². The second-order valence-electron chi connectivity index (χ2n) is 3.47. The van der Waals surface area contributed by atoms with Gasteiger partial charge in [0.1, 0.15) is 22.7 Å². The van der Waals surface area contributed by atoms with Gasteiger partial charge in [-0.05, 0) is 35.4 Å². The SMILES string of the molecule is [O-][S+](/C=C/c1ccco1)Cc1ccc(F)cc1. The molecule has 17 heavy (non-hydrogen) atoms. The quantitative estimate of drug-likeness (QED) is 0.780. The predicted octanol–water partition coefficient (Wildman–Crippen LogP) is 3.34. The second-order valence-corrected chi connectivity index (χ2v) is 4.79. The van der Waals surface area contributed by atoms with Crippen LogP contribution in [0.25, 0.3) is 6.08 Å². The molecule has 0 aliphatic heterocycles. The van der Waals surface area contributed by atoms with Crippen LogP contribution in [0.5, 0.6) is 0 Å². The normalized spacial score (nSPS) is 13.1. The van der Waals surface area contributed by atoms with Crippen molar-refractivity contribution < 1.29 is 13.4 Å². The molecule has 0 saturated carbocycles. The molecule has 0 amide bonds. The first kappa shape index (κ1) is 12.0. The number of halogens is 1. The van der Waals surface area contributed by atoms with Crippen LogP contribution in [0.2, 0.25) is 0 Å². The van der Waals surface area contributed by atoms with Crippen molar-refractivity contribution in [2.45, 2.75) is 5.75 Å². The molecule has 0 bridgehead atoms. The van der Waals surface area contributed by atoms with Crippen LogP contribution >= 0.6 is 0 Å². The highest BCUT2D eigenvalue weighted by Crippen LogP contribution is 2.11. The molecule has 1 atom stereocenters. The number of furan rings is 1. The summed E-state index contributed by atoms with van der Waals surface area (Å²) < 4.78 is 29.4. The van der Waals surface area contributed by atoms with E-state index >= 15 is 0 Å². The van der Waals surface area contributed by atoms with E-state index in [0.29, 0.717) is 11.5 Å². The highest BCUT2D eigenvalue weighted by atomic mass is 32.2. The van der Waals surface area contributed by atoms with Crippen molar-refractivity contribution >= 4 is 17.3 Å². The van der Waals surface area contributed by atoms with E-state index in [1.165, 1.54) is 12.1 Å². The number of hydrogen-bond donors (Lipinski definition) is 0. The summed E-state index contributed by atoms with van der Waals surface area (Å²) in [6, 6.07) is 9.54. The van der Waals surface area contributed by atoms with Crippen LogP contribution in [0.15, 0.2) is 52.5 Å². The van der Waals surface area contributed by atoms with E-state index in [1.807, 2.05) is 0 Å². The van der Waals surface area contributed by atoms with Gasteiger partial charge in [0.25, 0.3) is 0 Å². The number of benzene rings is 1. The van der Waals surface area contributed by atoms with E-state index in [1.54, 1.807) is 42.0 Å². The molecule has 88 valence electrons. The summed E-state index contributed by atoms with van der Waals surface area (Å²) in [5.74, 6) is 0.750. The molecular formula is C13H11FO2S. The van der Waals surface area contributed by atoms with Gasteiger partial charge in [-0.15, -0.1) is 0 Å². The fraction of sp³-hybridized carbons (Fsp3) is 0.0769. The average molecular weight is 250 g/mol. The van der Waals surface area contributed by atoms with Crippen LogP contribution in [0.3, 0.4) is 0 Å². The molecule has 4 heteroatoms. The first-order valence-electron chi connectivity index (χ1n) is 5.07. The Balaban J connectivity index is 1.93. The molecule has 1 aromatic heterocycles. The largest absolute Gasteiger partial charge is 0.612 e. The maximum absolute atomic E-state index is 12.7. The fourth-order valence-electron chi connectivity index (χ4n) is 1.32. The van der Waals surface area contributed by atoms with Crippen LogP contribution < -0.4 is 0 Å². The Bertz CT molecular complexity index is 477. The van der Waals surface area contributed by atoms with Gasteiger partial charge >= 0.3 is 0 Å². The first-order chi connectivity index (χ1) is 8.24. The molecule has 1 heterocycles. The molecule has 0 spiro atoms. The van der Waals surface area contributed by atoms with Crippen LogP contribution in [0.1, 0.15) is 11.3 Å². The summed E-state index contributed by atoms with van der Waals surface area (Å²) in [7, 11) is 0. The fourth-order valence-corrected chi connectivity index (χ4v) is 2.23. The average Bonchev–Trinajstić information content (AvgIpc) is 2.83. The highest BCUT2D eigenvalue weighted by Gasteiger charge is 2.04. The summed E-state index contributed by atoms with van der Waals surface area (Å²) in [5, 5.41) is 1.57. The van der Waals surface area contributed by atoms with Crippen molar-refractivity contribution in [3.8, 4) is 0 Å². The standard InChI is InChI=1S/C13H11FO2S/c14-12-5-3-11(4-6-12)10-17(15)9-7-13-2-1-8-16-13/h1-9H,10H2/b9-7+. The van der Waals surface area contributed by atoms with Gasteiger partial charge in [-0.1, -0.05) is 12.1 Å². The van der Waals surface area contributed by atoms with E-state index in [9.17, 15) is 8.94 Å². The minimum absolute atomic E-state index is 0.286. The summed E-state index contributed by atoms with van der Waals surface area (Å²) in [6.07, 6.45) is 3.22. The van der Waals surface area contributed by atoms with Crippen molar-refractivity contribution in [3.05, 3.63) is 65.2 Å². The van der Waals surface area contributed by atoms with E-state index in [4.69, 9.17) is 4.42 Å². The summed E-state index contributed by atoms with van der Waals surface area (Å²) in [4.78, 5) is 0. The van der Waals surface area contributed by atoms with E-state index < -0.39 is 11.2 Å². The smallest absolute Gasteiger partial charge is 0.135 e. The minimum Gasteiger partial charge on any atom is -0.612 e. The molecular weight excluding hydrogens is 239 g/mol. The van der Waals surface area contributed by atoms with E-state index in [0.717, 1.165) is 5.56 Å². The van der Waals surface area contributed by atoms with Gasteiger partial charge in [0.15, 0.2) is 0 Å². The van der Waals surface area contributed by atoms with Crippen LogP contribution in [-0.2, 0) is 16.9 Å². The van der Waals surface area contributed by atoms with Crippen molar-refractivity contribution in [3.63, 3.8) is 0 Å². The lowest BCUT2D eigenvalue weighted by Crippen LogP contribution is -1.99. The van der Waals surface area contributed by atoms with E-state index in [-0.39, 0.29) is 5.82 Å². The van der Waals surface area contributed by atoms with Gasteiger partial charge < -0.3 is 8.97 Å². The Morgan fingerprint density at radius 2 is 2.00 bits per heavy atom. The lowest BCUT2D eigenvalue weighted by molar-refractivity contribution is 0.557. The number of rotatable bonds is 4. The molecule has 2 aromatic rings. The van der Waals surface area contributed by atoms with Crippen LogP contribution in [0, 0.1) is 5.82 Å². The van der Waals surface area contributed by atoms with Crippen molar-refractivity contribution in [1.29, 1.82) is 0 Å². The Hall–Kier alpha value is -1.52. The topological polar surface area (TPSA) is 36.2 Å². The zero-order valence-corrected chi connectivity index (χ0v) is 9.82. The first-order valence-corrected chi connectivity index (χ1v) is 6.45. The van der Waals surface area contributed by atoms with Gasteiger partial charge in [0, 0.05) is 11.6 Å². The van der Waals surface area contributed by atoms with Crippen LogP contribution in [0.4, 0.5) is 4.39 Å². The van der Waals surface area contributed by atoms with Gasteiger partial charge in [-0.3, -0.25) is 0 Å². The number of hydrogen-bond acceptors (Lipinski definition) is 2. The van der Waals surface area contributed by atoms with Crippen molar-refractivity contribution in [2.24, 2.45) is 0 Å². The Kier molecular flexibility index (Phi) is 4.01. The predicted molar refractivity (Wildman–Crippen MR) is 66.0 cm³/mol. The summed E-state index contributed by atoms with van der Waals surface area (Å²) in [6.45, 7) is 0. The zero-order valence-electron chi connectivity index (χ0n) is 9.01. The molecule has 2 rings (SSSR count). The lowest BCUT2D eigenvalue weighted by atomic mass is 10.2. The van der Waals surface area contributed by atoms with Gasteiger partial charge in [-0.25, -0.2) is 4.39 Å². The monoisotopic (exact) mass is 250 g/mol. The second kappa shape index (κ2) is 5.70. The molecule has 1 aromatic carbocycles. The molecule has 0 fully saturated rings. The summed E-state index contributed by atoms with van der Waals surface area (Å²) in [5.41, 5.74) is 0.842. The molecule has 0 aliphatic carbocycles. The maximum atomic E-state index is 12.7. The Morgan fingerprint density at radius 3 is 2.65 bits per heavy atom. The van der Waals surface area contributed by atoms with Crippen LogP contribution in [-0.4, -0.2) is 4.55 Å².